The Kier molecular flexibility index (Phi) is 6.41. The number of aryl methyl sites for hydroxylation is 1. The van der Waals surface area contributed by atoms with E-state index >= 15 is 0 Å². The third-order valence-corrected chi connectivity index (χ3v) is 5.65. The van der Waals surface area contributed by atoms with Crippen LogP contribution in [0.3, 0.4) is 0 Å². The van der Waals surface area contributed by atoms with Gasteiger partial charge in [-0.3, -0.25) is 4.79 Å². The Morgan fingerprint density at radius 1 is 1.28 bits per heavy atom. The number of anilines is 1. The number of aromatic nitrogens is 1. The van der Waals surface area contributed by atoms with Crippen LogP contribution in [0.4, 0.5) is 5.69 Å². The van der Waals surface area contributed by atoms with E-state index in [4.69, 9.17) is 19.5 Å². The monoisotopic (exact) mass is 431 g/mol. The van der Waals surface area contributed by atoms with E-state index in [9.17, 15) is 4.79 Å². The molecule has 0 saturated heterocycles. The third-order valence-electron chi connectivity index (χ3n) is 5.65. The number of hydrogen-bond acceptors (Lipinski definition) is 6. The molecule has 0 aliphatic carbocycles. The topological polar surface area (TPSA) is 99.6 Å². The van der Waals surface area contributed by atoms with Crippen LogP contribution in [-0.4, -0.2) is 35.8 Å². The molecule has 0 radical (unpaired) electrons. The van der Waals surface area contributed by atoms with Gasteiger partial charge in [0.2, 0.25) is 5.89 Å². The Balaban J connectivity index is 1.42. The molecule has 1 N–H and O–H groups in total. The summed E-state index contributed by atoms with van der Waals surface area (Å²) in [5.41, 5.74) is 4.48. The first-order valence-corrected chi connectivity index (χ1v) is 10.7. The predicted octanol–water partition coefficient (Wildman–Crippen LogP) is 4.37. The van der Waals surface area contributed by atoms with Crippen LogP contribution in [0.25, 0.3) is 11.5 Å². The fourth-order valence-corrected chi connectivity index (χ4v) is 4.00. The molecule has 2 aromatic carbocycles. The lowest BCUT2D eigenvalue weighted by Gasteiger charge is -2.32. The van der Waals surface area contributed by atoms with Crippen molar-refractivity contribution in [3.05, 3.63) is 65.0 Å². The van der Waals surface area contributed by atoms with Gasteiger partial charge in [-0.2, -0.15) is 5.26 Å². The first-order chi connectivity index (χ1) is 15.5. The molecule has 0 amide bonds. The summed E-state index contributed by atoms with van der Waals surface area (Å²) in [5.74, 6) is 1.35. The largest absolute Gasteiger partial charge is 0.493 e. The standard InChI is InChI=1S/C25H25N3O4/c1-17-21(27-25(32-17)19-9-7-18(16-26)8-10-19)12-15-31-23-6-2-5-22-20(23)4-3-13-28(22)14-11-24(29)30/h2,5-10H,3-4,11-15H2,1H3,(H,29,30). The van der Waals surface area contributed by atoms with E-state index in [-0.39, 0.29) is 6.42 Å². The summed E-state index contributed by atoms with van der Waals surface area (Å²) < 4.78 is 11.9. The van der Waals surface area contributed by atoms with Crippen LogP contribution in [0.5, 0.6) is 5.75 Å². The Labute approximate surface area is 186 Å². The van der Waals surface area contributed by atoms with Crippen molar-refractivity contribution in [3.8, 4) is 23.3 Å². The van der Waals surface area contributed by atoms with Crippen LogP contribution in [-0.2, 0) is 17.6 Å². The fraction of sp³-hybridized carbons (Fsp3) is 0.320. The smallest absolute Gasteiger partial charge is 0.305 e. The number of hydrogen-bond donors (Lipinski definition) is 1. The van der Waals surface area contributed by atoms with Crippen LogP contribution in [0, 0.1) is 18.3 Å². The van der Waals surface area contributed by atoms with Crippen molar-refractivity contribution in [1.29, 1.82) is 5.26 Å². The molecule has 4 rings (SSSR count). The molecule has 164 valence electrons. The summed E-state index contributed by atoms with van der Waals surface area (Å²) in [6.07, 6.45) is 2.62. The molecular weight excluding hydrogens is 406 g/mol. The minimum absolute atomic E-state index is 0.123. The number of nitriles is 1. The summed E-state index contributed by atoms with van der Waals surface area (Å²) in [5, 5.41) is 18.0. The summed E-state index contributed by atoms with van der Waals surface area (Å²) in [6.45, 7) is 3.72. The number of aliphatic carboxylic acids is 1. The molecule has 1 aliphatic rings. The van der Waals surface area contributed by atoms with E-state index in [1.54, 1.807) is 12.1 Å². The van der Waals surface area contributed by atoms with E-state index in [1.807, 2.05) is 37.3 Å². The second-order valence-corrected chi connectivity index (χ2v) is 7.80. The van der Waals surface area contributed by atoms with Crippen LogP contribution in [0.2, 0.25) is 0 Å². The van der Waals surface area contributed by atoms with Gasteiger partial charge in [0.25, 0.3) is 0 Å². The molecule has 32 heavy (non-hydrogen) atoms. The summed E-state index contributed by atoms with van der Waals surface area (Å²) in [6, 6.07) is 15.2. The van der Waals surface area contributed by atoms with Crippen LogP contribution in [0.1, 0.15) is 35.4 Å². The quantitative estimate of drug-likeness (QED) is 0.565. The Bertz CT molecular complexity index is 1140. The van der Waals surface area contributed by atoms with Gasteiger partial charge in [0.15, 0.2) is 0 Å². The Morgan fingerprint density at radius 2 is 2.09 bits per heavy atom. The maximum atomic E-state index is 11.0. The number of carboxylic acid groups (broad SMARTS) is 1. The molecule has 1 aromatic heterocycles. The molecule has 0 atom stereocenters. The van der Waals surface area contributed by atoms with Crippen molar-refractivity contribution in [2.24, 2.45) is 0 Å². The van der Waals surface area contributed by atoms with Crippen molar-refractivity contribution < 1.29 is 19.1 Å². The summed E-state index contributed by atoms with van der Waals surface area (Å²) >= 11 is 0. The van der Waals surface area contributed by atoms with Gasteiger partial charge in [-0.25, -0.2) is 4.98 Å². The molecule has 7 nitrogen and oxygen atoms in total. The molecule has 3 aromatic rings. The molecule has 1 aliphatic heterocycles. The summed E-state index contributed by atoms with van der Waals surface area (Å²) in [4.78, 5) is 17.7. The van der Waals surface area contributed by atoms with Crippen molar-refractivity contribution >= 4 is 11.7 Å². The lowest BCUT2D eigenvalue weighted by molar-refractivity contribution is -0.136. The van der Waals surface area contributed by atoms with Crippen LogP contribution < -0.4 is 9.64 Å². The normalized spacial score (nSPS) is 12.8. The van der Waals surface area contributed by atoms with Gasteiger partial charge in [0.1, 0.15) is 11.5 Å². The van der Waals surface area contributed by atoms with Crippen molar-refractivity contribution in [2.75, 3.05) is 24.6 Å². The average molecular weight is 431 g/mol. The number of carbonyl (C=O) groups is 1. The fourth-order valence-electron chi connectivity index (χ4n) is 4.00. The Morgan fingerprint density at radius 3 is 2.84 bits per heavy atom. The average Bonchev–Trinajstić information content (AvgIpc) is 3.18. The molecular formula is C25H25N3O4. The lowest BCUT2D eigenvalue weighted by Crippen LogP contribution is -2.31. The molecule has 2 heterocycles. The number of carboxylic acids is 1. The Hall–Kier alpha value is -3.79. The van der Waals surface area contributed by atoms with Gasteiger partial charge in [0, 0.05) is 36.3 Å². The van der Waals surface area contributed by atoms with E-state index in [1.165, 1.54) is 0 Å². The highest BCUT2D eigenvalue weighted by Gasteiger charge is 2.21. The van der Waals surface area contributed by atoms with E-state index in [0.717, 1.165) is 53.4 Å². The highest BCUT2D eigenvalue weighted by atomic mass is 16.5. The van der Waals surface area contributed by atoms with E-state index in [2.05, 4.69) is 16.0 Å². The molecule has 0 spiro atoms. The maximum Gasteiger partial charge on any atom is 0.305 e. The van der Waals surface area contributed by atoms with Crippen LogP contribution in [0.15, 0.2) is 46.9 Å². The highest BCUT2D eigenvalue weighted by Crippen LogP contribution is 2.34. The van der Waals surface area contributed by atoms with Crippen molar-refractivity contribution in [3.63, 3.8) is 0 Å². The van der Waals surface area contributed by atoms with Gasteiger partial charge < -0.3 is 19.2 Å². The zero-order valence-corrected chi connectivity index (χ0v) is 18.0. The van der Waals surface area contributed by atoms with Gasteiger partial charge in [-0.05, 0) is 56.2 Å². The lowest BCUT2D eigenvalue weighted by atomic mass is 10.0. The minimum atomic E-state index is -0.784. The molecule has 0 unspecified atom stereocenters. The molecule has 0 fully saturated rings. The summed E-state index contributed by atoms with van der Waals surface area (Å²) in [7, 11) is 0. The zero-order chi connectivity index (χ0) is 22.5. The highest BCUT2D eigenvalue weighted by molar-refractivity contribution is 5.68. The van der Waals surface area contributed by atoms with E-state index < -0.39 is 5.97 Å². The number of ether oxygens (including phenoxy) is 1. The van der Waals surface area contributed by atoms with Crippen molar-refractivity contribution in [2.45, 2.75) is 32.6 Å². The van der Waals surface area contributed by atoms with Crippen molar-refractivity contribution in [1.82, 2.24) is 4.98 Å². The zero-order valence-electron chi connectivity index (χ0n) is 18.0. The maximum absolute atomic E-state index is 11.0. The number of oxazole rings is 1. The first-order valence-electron chi connectivity index (χ1n) is 10.7. The van der Waals surface area contributed by atoms with Gasteiger partial charge in [-0.1, -0.05) is 6.07 Å². The molecule has 0 bridgehead atoms. The third kappa shape index (κ3) is 4.75. The number of rotatable bonds is 8. The van der Waals surface area contributed by atoms with E-state index in [0.29, 0.717) is 31.0 Å². The molecule has 7 heteroatoms. The molecule has 0 saturated carbocycles. The van der Waals surface area contributed by atoms with Gasteiger partial charge >= 0.3 is 5.97 Å². The second-order valence-electron chi connectivity index (χ2n) is 7.80. The number of fused-ring (bicyclic) bond motifs is 1. The van der Waals surface area contributed by atoms with Crippen LogP contribution >= 0.6 is 0 Å². The van der Waals surface area contributed by atoms with Gasteiger partial charge in [0.05, 0.1) is 30.4 Å². The SMILES string of the molecule is Cc1oc(-c2ccc(C#N)cc2)nc1CCOc1cccc2c1CCCN2CCC(=O)O. The number of nitrogens with zero attached hydrogens (tertiary/aromatic N) is 3. The first kappa shape index (κ1) is 21.4. The van der Waals surface area contributed by atoms with Gasteiger partial charge in [-0.15, -0.1) is 0 Å². The predicted molar refractivity (Wildman–Crippen MR) is 120 cm³/mol. The second kappa shape index (κ2) is 9.56. The minimum Gasteiger partial charge on any atom is -0.493 e. The number of benzene rings is 2.